The molecule has 3 rings (SSSR count). The van der Waals surface area contributed by atoms with Gasteiger partial charge in [-0.15, -0.1) is 0 Å². The van der Waals surface area contributed by atoms with E-state index in [9.17, 15) is 0 Å². The maximum absolute atomic E-state index is 3.65. The Morgan fingerprint density at radius 3 is 1.74 bits per heavy atom. The van der Waals surface area contributed by atoms with Crippen LogP contribution < -0.4 is 16.0 Å². The highest BCUT2D eigenvalue weighted by atomic mass is 14.9. The summed E-state index contributed by atoms with van der Waals surface area (Å²) in [5, 5.41) is 16.0. The van der Waals surface area contributed by atoms with Gasteiger partial charge in [0.05, 0.1) is 0 Å². The van der Waals surface area contributed by atoms with Crippen molar-refractivity contribution in [2.75, 3.05) is 32.7 Å². The van der Waals surface area contributed by atoms with Gasteiger partial charge in [-0.2, -0.15) is 0 Å². The van der Waals surface area contributed by atoms with Crippen LogP contribution in [-0.4, -0.2) is 32.7 Å². The van der Waals surface area contributed by atoms with Gasteiger partial charge in [0.1, 0.15) is 0 Å². The van der Waals surface area contributed by atoms with Gasteiger partial charge < -0.3 is 16.0 Å². The fraction of sp³-hybridized carbons (Fsp3) is 0.417. The van der Waals surface area contributed by atoms with E-state index in [-0.39, 0.29) is 0 Å². The first-order valence-corrected chi connectivity index (χ1v) is 10.4. The second-order valence-electron chi connectivity index (χ2n) is 7.18. The molecule has 0 fully saturated rings. The molecular weight excluding hydrogens is 330 g/mol. The molecule has 0 aliphatic carbocycles. The molecule has 0 bridgehead atoms. The lowest BCUT2D eigenvalue weighted by Gasteiger charge is -2.13. The van der Waals surface area contributed by atoms with Crippen molar-refractivity contribution in [2.45, 2.75) is 32.7 Å². The SMILES string of the molecule is CCCNCCCNCCCNCc1c2ccccc2cc2ccccc12. The van der Waals surface area contributed by atoms with Crippen molar-refractivity contribution in [2.24, 2.45) is 0 Å². The molecular formula is C24H33N3. The Balaban J connectivity index is 1.46. The summed E-state index contributed by atoms with van der Waals surface area (Å²) in [7, 11) is 0. The van der Waals surface area contributed by atoms with E-state index in [4.69, 9.17) is 0 Å². The van der Waals surface area contributed by atoms with Crippen LogP contribution in [0.3, 0.4) is 0 Å². The van der Waals surface area contributed by atoms with Crippen LogP contribution >= 0.6 is 0 Å². The molecule has 0 saturated heterocycles. The molecule has 3 N–H and O–H groups in total. The minimum atomic E-state index is 0.919. The van der Waals surface area contributed by atoms with Crippen LogP contribution in [0, 0.1) is 0 Å². The van der Waals surface area contributed by atoms with Crippen LogP contribution in [-0.2, 0) is 6.54 Å². The first kappa shape index (κ1) is 19.8. The Hall–Kier alpha value is -1.94. The Bertz CT molecular complexity index is 774. The summed E-state index contributed by atoms with van der Waals surface area (Å²) in [6.07, 6.45) is 3.57. The topological polar surface area (TPSA) is 36.1 Å². The van der Waals surface area contributed by atoms with Crippen molar-refractivity contribution in [1.82, 2.24) is 16.0 Å². The normalized spacial score (nSPS) is 11.4. The molecule has 27 heavy (non-hydrogen) atoms. The third-order valence-electron chi connectivity index (χ3n) is 5.03. The third-order valence-corrected chi connectivity index (χ3v) is 5.03. The van der Waals surface area contributed by atoms with Gasteiger partial charge >= 0.3 is 0 Å². The van der Waals surface area contributed by atoms with Crippen molar-refractivity contribution in [1.29, 1.82) is 0 Å². The molecule has 3 nitrogen and oxygen atoms in total. The zero-order chi connectivity index (χ0) is 18.7. The lowest BCUT2D eigenvalue weighted by molar-refractivity contribution is 0.565. The molecule has 0 aliphatic rings. The second kappa shape index (κ2) is 11.0. The lowest BCUT2D eigenvalue weighted by Crippen LogP contribution is -2.25. The van der Waals surface area contributed by atoms with Crippen molar-refractivity contribution < 1.29 is 0 Å². The average molecular weight is 364 g/mol. The highest BCUT2D eigenvalue weighted by Gasteiger charge is 2.06. The molecule has 0 heterocycles. The maximum Gasteiger partial charge on any atom is 0.0217 e. The summed E-state index contributed by atoms with van der Waals surface area (Å²) in [4.78, 5) is 0. The average Bonchev–Trinajstić information content (AvgIpc) is 2.71. The molecule has 0 spiro atoms. The number of nitrogens with one attached hydrogen (secondary N) is 3. The summed E-state index contributed by atoms with van der Waals surface area (Å²) in [5.41, 5.74) is 1.42. The molecule has 3 aromatic rings. The molecule has 3 aromatic carbocycles. The quantitative estimate of drug-likeness (QED) is 0.329. The molecule has 144 valence electrons. The van der Waals surface area contributed by atoms with Crippen LogP contribution in [0.2, 0.25) is 0 Å². The second-order valence-corrected chi connectivity index (χ2v) is 7.18. The van der Waals surface area contributed by atoms with Crippen LogP contribution in [0.5, 0.6) is 0 Å². The van der Waals surface area contributed by atoms with Crippen molar-refractivity contribution in [3.05, 3.63) is 60.2 Å². The first-order chi connectivity index (χ1) is 13.4. The zero-order valence-corrected chi connectivity index (χ0v) is 16.6. The van der Waals surface area contributed by atoms with E-state index in [1.165, 1.54) is 39.9 Å². The van der Waals surface area contributed by atoms with Gasteiger partial charge in [0.2, 0.25) is 0 Å². The van der Waals surface area contributed by atoms with Crippen molar-refractivity contribution in [3.63, 3.8) is 0 Å². The zero-order valence-electron chi connectivity index (χ0n) is 16.6. The van der Waals surface area contributed by atoms with E-state index < -0.39 is 0 Å². The molecule has 0 atom stereocenters. The van der Waals surface area contributed by atoms with Crippen molar-refractivity contribution in [3.8, 4) is 0 Å². The van der Waals surface area contributed by atoms with Crippen LogP contribution in [0.15, 0.2) is 54.6 Å². The number of fused-ring (bicyclic) bond motifs is 2. The Morgan fingerprint density at radius 2 is 1.15 bits per heavy atom. The fourth-order valence-corrected chi connectivity index (χ4v) is 3.62. The van der Waals surface area contributed by atoms with Crippen molar-refractivity contribution >= 4 is 21.5 Å². The molecule has 0 saturated carbocycles. The third kappa shape index (κ3) is 5.77. The van der Waals surface area contributed by atoms with E-state index in [2.05, 4.69) is 77.5 Å². The number of benzene rings is 3. The summed E-state index contributed by atoms with van der Waals surface area (Å²) in [6, 6.07) is 19.7. The number of rotatable bonds is 12. The first-order valence-electron chi connectivity index (χ1n) is 10.4. The minimum Gasteiger partial charge on any atom is -0.317 e. The predicted octanol–water partition coefficient (Wildman–Crippen LogP) is 4.45. The lowest BCUT2D eigenvalue weighted by atomic mass is 9.97. The summed E-state index contributed by atoms with van der Waals surface area (Å²) in [6.45, 7) is 8.60. The van der Waals surface area contributed by atoms with Gasteiger partial charge in [0, 0.05) is 6.54 Å². The van der Waals surface area contributed by atoms with Gasteiger partial charge in [0.15, 0.2) is 0 Å². The van der Waals surface area contributed by atoms with E-state index in [1.807, 2.05) is 0 Å². The molecule has 0 amide bonds. The van der Waals surface area contributed by atoms with Gasteiger partial charge in [0.25, 0.3) is 0 Å². The molecule has 0 aromatic heterocycles. The summed E-state index contributed by atoms with van der Waals surface area (Å²) < 4.78 is 0. The Morgan fingerprint density at radius 1 is 0.630 bits per heavy atom. The number of hydrogen-bond donors (Lipinski definition) is 3. The van der Waals surface area contributed by atoms with Gasteiger partial charge in [-0.1, -0.05) is 55.5 Å². The summed E-state index contributed by atoms with van der Waals surface area (Å²) in [5.74, 6) is 0. The highest BCUT2D eigenvalue weighted by Crippen LogP contribution is 2.28. The Labute approximate surface area is 163 Å². The maximum atomic E-state index is 3.65. The molecule has 0 unspecified atom stereocenters. The molecule has 0 aliphatic heterocycles. The fourth-order valence-electron chi connectivity index (χ4n) is 3.62. The predicted molar refractivity (Wildman–Crippen MR) is 118 cm³/mol. The van der Waals surface area contributed by atoms with E-state index in [0.717, 1.165) is 45.7 Å². The van der Waals surface area contributed by atoms with Gasteiger partial charge in [-0.25, -0.2) is 0 Å². The van der Waals surface area contributed by atoms with Gasteiger partial charge in [-0.3, -0.25) is 0 Å². The Kier molecular flexibility index (Phi) is 8.09. The summed E-state index contributed by atoms with van der Waals surface area (Å²) >= 11 is 0. The minimum absolute atomic E-state index is 0.919. The highest BCUT2D eigenvalue weighted by molar-refractivity contribution is 6.02. The van der Waals surface area contributed by atoms with E-state index >= 15 is 0 Å². The largest absolute Gasteiger partial charge is 0.317 e. The standard InChI is InChI=1S/C24H33N3/c1-2-13-25-14-7-15-26-16-8-17-27-19-24-22-11-5-3-9-20(22)18-21-10-4-6-12-23(21)24/h3-6,9-12,18,25-27H,2,7-8,13-17,19H2,1H3. The van der Waals surface area contributed by atoms with Crippen LogP contribution in [0.25, 0.3) is 21.5 Å². The van der Waals surface area contributed by atoms with Gasteiger partial charge in [-0.05, 0) is 85.2 Å². The molecule has 3 heteroatoms. The number of hydrogen-bond acceptors (Lipinski definition) is 3. The van der Waals surface area contributed by atoms with E-state index in [1.54, 1.807) is 0 Å². The smallest absolute Gasteiger partial charge is 0.0217 e. The van der Waals surface area contributed by atoms with E-state index in [0.29, 0.717) is 0 Å². The monoisotopic (exact) mass is 363 g/mol. The molecule has 0 radical (unpaired) electrons. The van der Waals surface area contributed by atoms with Crippen LogP contribution in [0.4, 0.5) is 0 Å². The van der Waals surface area contributed by atoms with Crippen LogP contribution in [0.1, 0.15) is 31.7 Å².